The third kappa shape index (κ3) is 6.10. The highest BCUT2D eigenvalue weighted by Gasteiger charge is 2.21. The molecular weight excluding hydrogens is 218 g/mol. The zero-order valence-corrected chi connectivity index (χ0v) is 11.6. The third-order valence-electron chi connectivity index (χ3n) is 3.62. The van der Waals surface area contributed by atoms with E-state index in [1.807, 2.05) is 0 Å². The average Bonchev–Trinajstić information content (AvgIpc) is 2.30. The summed E-state index contributed by atoms with van der Waals surface area (Å²) in [5.74, 6) is 0. The molecule has 0 saturated heterocycles. The maximum atomic E-state index is 6.30. The van der Waals surface area contributed by atoms with Gasteiger partial charge in [0.2, 0.25) is 0 Å². The molecule has 2 heteroatoms. The Labute approximate surface area is 106 Å². The van der Waals surface area contributed by atoms with Gasteiger partial charge in [0.15, 0.2) is 0 Å². The van der Waals surface area contributed by atoms with Crippen LogP contribution >= 0.6 is 11.6 Å². The van der Waals surface area contributed by atoms with Crippen molar-refractivity contribution in [1.82, 2.24) is 5.32 Å². The van der Waals surface area contributed by atoms with Crippen LogP contribution in [0.3, 0.4) is 0 Å². The van der Waals surface area contributed by atoms with E-state index in [4.69, 9.17) is 11.6 Å². The summed E-state index contributed by atoms with van der Waals surface area (Å²) < 4.78 is 0. The zero-order valence-electron chi connectivity index (χ0n) is 10.8. The second-order valence-corrected chi connectivity index (χ2v) is 5.69. The lowest BCUT2D eigenvalue weighted by Crippen LogP contribution is -2.39. The number of halogens is 1. The molecule has 0 radical (unpaired) electrons. The predicted octanol–water partition coefficient (Wildman–Crippen LogP) is 4.49. The highest BCUT2D eigenvalue weighted by molar-refractivity contribution is 6.21. The minimum atomic E-state index is 0.383. The Morgan fingerprint density at radius 2 is 1.69 bits per heavy atom. The van der Waals surface area contributed by atoms with Crippen LogP contribution in [0.2, 0.25) is 0 Å². The van der Waals surface area contributed by atoms with Crippen LogP contribution in [0.5, 0.6) is 0 Å². The molecule has 1 rings (SSSR count). The number of hydrogen-bond donors (Lipinski definition) is 1. The summed E-state index contributed by atoms with van der Waals surface area (Å²) in [5.41, 5.74) is 0. The smallest absolute Gasteiger partial charge is 0.0489 e. The third-order valence-corrected chi connectivity index (χ3v) is 4.14. The largest absolute Gasteiger partial charge is 0.313 e. The van der Waals surface area contributed by atoms with Crippen molar-refractivity contribution in [1.29, 1.82) is 0 Å². The minimum absolute atomic E-state index is 0.383. The quantitative estimate of drug-likeness (QED) is 0.491. The summed E-state index contributed by atoms with van der Waals surface area (Å²) in [6.07, 6.45) is 13.4. The van der Waals surface area contributed by atoms with E-state index in [9.17, 15) is 0 Å². The van der Waals surface area contributed by atoms with E-state index in [0.29, 0.717) is 11.4 Å². The minimum Gasteiger partial charge on any atom is -0.313 e. The second-order valence-electron chi connectivity index (χ2n) is 5.13. The Morgan fingerprint density at radius 3 is 2.44 bits per heavy atom. The normalized spacial score (nSPS) is 25.9. The molecule has 0 amide bonds. The molecule has 0 aromatic rings. The fourth-order valence-corrected chi connectivity index (χ4v) is 2.88. The molecule has 16 heavy (non-hydrogen) atoms. The van der Waals surface area contributed by atoms with Crippen LogP contribution in [0.4, 0.5) is 0 Å². The molecule has 0 aromatic carbocycles. The molecule has 1 aliphatic rings. The molecule has 1 N–H and O–H groups in total. The first-order valence-corrected chi connectivity index (χ1v) is 7.65. The van der Waals surface area contributed by atoms with Gasteiger partial charge in [-0.05, 0) is 25.8 Å². The lowest BCUT2D eigenvalue weighted by molar-refractivity contribution is 0.375. The highest BCUT2D eigenvalue weighted by Crippen LogP contribution is 2.22. The van der Waals surface area contributed by atoms with Gasteiger partial charge < -0.3 is 5.32 Å². The molecule has 0 spiro atoms. The number of alkyl halides is 1. The Kier molecular flexibility index (Phi) is 8.32. The molecule has 0 bridgehead atoms. The predicted molar refractivity (Wildman–Crippen MR) is 73.3 cm³/mol. The van der Waals surface area contributed by atoms with Crippen molar-refractivity contribution in [3.63, 3.8) is 0 Å². The first-order chi connectivity index (χ1) is 7.84. The number of nitrogens with one attached hydrogen (secondary N) is 1. The second kappa shape index (κ2) is 9.30. The fraction of sp³-hybridized carbons (Fsp3) is 1.00. The molecule has 2 unspecified atom stereocenters. The van der Waals surface area contributed by atoms with Crippen molar-refractivity contribution in [2.45, 2.75) is 82.6 Å². The van der Waals surface area contributed by atoms with Crippen molar-refractivity contribution in [2.24, 2.45) is 0 Å². The van der Waals surface area contributed by atoms with Gasteiger partial charge in [-0.15, -0.1) is 11.6 Å². The molecule has 2 atom stereocenters. The molecule has 1 aliphatic carbocycles. The van der Waals surface area contributed by atoms with Crippen LogP contribution in [-0.2, 0) is 0 Å². The lowest BCUT2D eigenvalue weighted by Gasteiger charge is -2.28. The van der Waals surface area contributed by atoms with Crippen LogP contribution in [0.1, 0.15) is 71.1 Å². The van der Waals surface area contributed by atoms with Crippen LogP contribution in [0, 0.1) is 0 Å². The van der Waals surface area contributed by atoms with E-state index in [0.717, 1.165) is 0 Å². The van der Waals surface area contributed by atoms with Crippen LogP contribution in [0.15, 0.2) is 0 Å². The van der Waals surface area contributed by atoms with Gasteiger partial charge in [0.1, 0.15) is 0 Å². The summed E-state index contributed by atoms with van der Waals surface area (Å²) in [6.45, 7) is 3.44. The summed E-state index contributed by atoms with van der Waals surface area (Å²) >= 11 is 6.30. The van der Waals surface area contributed by atoms with Crippen molar-refractivity contribution in [3.05, 3.63) is 0 Å². The monoisotopic (exact) mass is 245 g/mol. The lowest BCUT2D eigenvalue weighted by atomic mass is 9.95. The average molecular weight is 246 g/mol. The van der Waals surface area contributed by atoms with Gasteiger partial charge in [0, 0.05) is 11.4 Å². The van der Waals surface area contributed by atoms with E-state index < -0.39 is 0 Å². The van der Waals surface area contributed by atoms with Gasteiger partial charge in [-0.3, -0.25) is 0 Å². The van der Waals surface area contributed by atoms with Gasteiger partial charge in [-0.1, -0.05) is 51.9 Å². The van der Waals surface area contributed by atoms with E-state index in [1.165, 1.54) is 70.8 Å². The number of hydrogen-bond acceptors (Lipinski definition) is 1. The molecule has 1 nitrogen and oxygen atoms in total. The van der Waals surface area contributed by atoms with Gasteiger partial charge in [0.05, 0.1) is 0 Å². The van der Waals surface area contributed by atoms with E-state index in [2.05, 4.69) is 12.2 Å². The first-order valence-electron chi connectivity index (χ1n) is 7.22. The summed E-state index contributed by atoms with van der Waals surface area (Å²) in [4.78, 5) is 0. The molecule has 0 aromatic heterocycles. The van der Waals surface area contributed by atoms with Gasteiger partial charge in [-0.25, -0.2) is 0 Å². The van der Waals surface area contributed by atoms with E-state index >= 15 is 0 Å². The molecular formula is C14H28ClN. The van der Waals surface area contributed by atoms with Crippen LogP contribution in [0.25, 0.3) is 0 Å². The highest BCUT2D eigenvalue weighted by atomic mass is 35.5. The number of unbranched alkanes of at least 4 members (excludes halogenated alkanes) is 5. The summed E-state index contributed by atoms with van der Waals surface area (Å²) in [7, 11) is 0. The molecule has 0 aliphatic heterocycles. The van der Waals surface area contributed by atoms with Gasteiger partial charge in [-0.2, -0.15) is 0 Å². The maximum Gasteiger partial charge on any atom is 0.0489 e. The molecule has 96 valence electrons. The Balaban J connectivity index is 1.90. The van der Waals surface area contributed by atoms with E-state index in [-0.39, 0.29) is 0 Å². The van der Waals surface area contributed by atoms with Crippen LogP contribution in [-0.4, -0.2) is 18.0 Å². The van der Waals surface area contributed by atoms with Crippen molar-refractivity contribution in [2.75, 3.05) is 6.54 Å². The topological polar surface area (TPSA) is 12.0 Å². The molecule has 1 saturated carbocycles. The van der Waals surface area contributed by atoms with Gasteiger partial charge >= 0.3 is 0 Å². The maximum absolute atomic E-state index is 6.30. The first kappa shape index (κ1) is 14.3. The SMILES string of the molecule is CCCCCCCCNC1CCCCC1Cl. The Hall–Kier alpha value is 0.250. The standard InChI is InChI=1S/C14H28ClN/c1-2-3-4-5-6-9-12-16-14-11-8-7-10-13(14)15/h13-14,16H,2-12H2,1H3. The number of rotatable bonds is 8. The van der Waals surface area contributed by atoms with E-state index in [1.54, 1.807) is 0 Å². The molecule has 0 heterocycles. The Morgan fingerprint density at radius 1 is 1.00 bits per heavy atom. The van der Waals surface area contributed by atoms with Crippen LogP contribution < -0.4 is 5.32 Å². The summed E-state index contributed by atoms with van der Waals surface area (Å²) in [5, 5.41) is 4.01. The molecule has 1 fully saturated rings. The van der Waals surface area contributed by atoms with Gasteiger partial charge in [0.25, 0.3) is 0 Å². The zero-order chi connectivity index (χ0) is 11.6. The van der Waals surface area contributed by atoms with Crippen molar-refractivity contribution >= 4 is 11.6 Å². The summed E-state index contributed by atoms with van der Waals surface area (Å²) in [6, 6.07) is 0.589. The van der Waals surface area contributed by atoms with Crippen molar-refractivity contribution in [3.8, 4) is 0 Å². The van der Waals surface area contributed by atoms with Crippen molar-refractivity contribution < 1.29 is 0 Å². The fourth-order valence-electron chi connectivity index (χ4n) is 2.51. The Bertz CT molecular complexity index is 161.